The number of nitrogen functional groups attached to an aromatic ring is 1. The zero-order valence-electron chi connectivity index (χ0n) is 13.2. The van der Waals surface area contributed by atoms with Gasteiger partial charge in [0.15, 0.2) is 11.4 Å². The molecule has 4 rings (SSSR count). The van der Waals surface area contributed by atoms with Crippen LogP contribution in [0.1, 0.15) is 39.4 Å². The van der Waals surface area contributed by atoms with Crippen LogP contribution in [0.3, 0.4) is 0 Å². The first-order chi connectivity index (χ1) is 11.5. The maximum Gasteiger partial charge on any atom is 0.262 e. The third-order valence-electron chi connectivity index (χ3n) is 4.59. The lowest BCUT2D eigenvalue weighted by Crippen LogP contribution is -2.23. The van der Waals surface area contributed by atoms with Crippen LogP contribution in [0.5, 0.6) is 0 Å². The highest BCUT2D eigenvalue weighted by atomic mass is 16.1. The Balaban J connectivity index is 1.89. The number of H-pyrrole nitrogens is 1. The van der Waals surface area contributed by atoms with Crippen molar-refractivity contribution in [3.63, 3.8) is 0 Å². The van der Waals surface area contributed by atoms with Crippen LogP contribution in [0.15, 0.2) is 35.3 Å². The predicted molar refractivity (Wildman–Crippen MR) is 91.1 cm³/mol. The number of benzene rings is 1. The average Bonchev–Trinajstić information content (AvgIpc) is 2.54. The summed E-state index contributed by atoms with van der Waals surface area (Å²) in [5.41, 5.74) is 9.03. The summed E-state index contributed by atoms with van der Waals surface area (Å²) in [5, 5.41) is 0.367. The molecule has 0 unspecified atom stereocenters. The molecule has 2 aromatic heterocycles. The SMILES string of the molecule is Cc1ccc([C@@H]2CC(=O)c3cnc4nc(N)[nH]c(=O)c4c3C2)cc1. The molecule has 0 fully saturated rings. The highest BCUT2D eigenvalue weighted by Crippen LogP contribution is 2.34. The average molecular weight is 320 g/mol. The van der Waals surface area contributed by atoms with E-state index < -0.39 is 0 Å². The highest BCUT2D eigenvalue weighted by Gasteiger charge is 2.29. The number of carbonyl (C=O) groups is 1. The molecule has 0 spiro atoms. The molecule has 1 aliphatic carbocycles. The van der Waals surface area contributed by atoms with Gasteiger partial charge in [-0.15, -0.1) is 0 Å². The Morgan fingerprint density at radius 1 is 1.17 bits per heavy atom. The number of rotatable bonds is 1. The van der Waals surface area contributed by atoms with Gasteiger partial charge in [0.1, 0.15) is 0 Å². The number of aromatic nitrogens is 3. The monoisotopic (exact) mass is 320 g/mol. The number of aryl methyl sites for hydroxylation is 1. The zero-order chi connectivity index (χ0) is 16.8. The van der Waals surface area contributed by atoms with Crippen molar-refractivity contribution in [2.24, 2.45) is 0 Å². The van der Waals surface area contributed by atoms with Crippen LogP contribution in [-0.4, -0.2) is 20.7 Å². The molecule has 120 valence electrons. The molecule has 0 aliphatic heterocycles. The molecule has 0 saturated heterocycles. The van der Waals surface area contributed by atoms with E-state index in [0.29, 0.717) is 23.8 Å². The number of carbonyl (C=O) groups excluding carboxylic acids is 1. The first-order valence-corrected chi connectivity index (χ1v) is 7.80. The molecule has 6 nitrogen and oxygen atoms in total. The van der Waals surface area contributed by atoms with Gasteiger partial charge in [-0.25, -0.2) is 4.98 Å². The van der Waals surface area contributed by atoms with Crippen molar-refractivity contribution in [1.29, 1.82) is 0 Å². The molecule has 3 aromatic rings. The first kappa shape index (κ1) is 14.6. The second kappa shape index (κ2) is 5.26. The quantitative estimate of drug-likeness (QED) is 0.715. The summed E-state index contributed by atoms with van der Waals surface area (Å²) < 4.78 is 0. The fourth-order valence-electron chi connectivity index (χ4n) is 3.36. The number of hydrogen-bond acceptors (Lipinski definition) is 5. The van der Waals surface area contributed by atoms with Crippen molar-refractivity contribution < 1.29 is 4.79 Å². The molecule has 0 amide bonds. The number of Topliss-reactive ketones (excluding diaryl/α,β-unsaturated/α-hetero) is 1. The van der Waals surface area contributed by atoms with E-state index in [1.807, 2.05) is 31.2 Å². The fraction of sp³-hybridized carbons (Fsp3) is 0.222. The molecule has 6 heteroatoms. The second-order valence-electron chi connectivity index (χ2n) is 6.24. The Hall–Kier alpha value is -3.02. The van der Waals surface area contributed by atoms with E-state index >= 15 is 0 Å². The van der Waals surface area contributed by atoms with Gasteiger partial charge in [-0.3, -0.25) is 14.6 Å². The number of nitrogens with zero attached hydrogens (tertiary/aromatic N) is 2. The van der Waals surface area contributed by atoms with Crippen molar-refractivity contribution in [1.82, 2.24) is 15.0 Å². The molecule has 0 saturated carbocycles. The van der Waals surface area contributed by atoms with Crippen molar-refractivity contribution in [3.05, 3.63) is 63.1 Å². The van der Waals surface area contributed by atoms with E-state index in [1.54, 1.807) is 0 Å². The number of nitrogens with one attached hydrogen (secondary N) is 1. The molecule has 3 N–H and O–H groups in total. The zero-order valence-corrected chi connectivity index (χ0v) is 13.2. The lowest BCUT2D eigenvalue weighted by molar-refractivity contribution is 0.0964. The number of ketones is 1. The molecule has 0 bridgehead atoms. The van der Waals surface area contributed by atoms with E-state index in [2.05, 4.69) is 15.0 Å². The number of nitrogens with two attached hydrogens (primary N) is 1. The third kappa shape index (κ3) is 2.27. The molecular weight excluding hydrogens is 304 g/mol. The number of hydrogen-bond donors (Lipinski definition) is 2. The first-order valence-electron chi connectivity index (χ1n) is 7.80. The highest BCUT2D eigenvalue weighted by molar-refractivity contribution is 6.02. The number of anilines is 1. The summed E-state index contributed by atoms with van der Waals surface area (Å²) in [5.74, 6) is 0.0813. The minimum absolute atomic E-state index is 0.00690. The summed E-state index contributed by atoms with van der Waals surface area (Å²) in [6, 6.07) is 8.16. The minimum Gasteiger partial charge on any atom is -0.369 e. The lowest BCUT2D eigenvalue weighted by Gasteiger charge is -2.24. The Morgan fingerprint density at radius 2 is 1.92 bits per heavy atom. The summed E-state index contributed by atoms with van der Waals surface area (Å²) in [6.07, 6.45) is 2.54. The van der Waals surface area contributed by atoms with Gasteiger partial charge < -0.3 is 5.73 Å². The molecule has 0 radical (unpaired) electrons. The normalized spacial score (nSPS) is 17.0. The fourth-order valence-corrected chi connectivity index (χ4v) is 3.36. The number of pyridine rings is 1. The van der Waals surface area contributed by atoms with E-state index in [-0.39, 0.29) is 28.9 Å². The number of aromatic amines is 1. The van der Waals surface area contributed by atoms with Crippen LogP contribution in [0, 0.1) is 6.92 Å². The van der Waals surface area contributed by atoms with Gasteiger partial charge in [-0.2, -0.15) is 4.98 Å². The molecule has 24 heavy (non-hydrogen) atoms. The maximum absolute atomic E-state index is 12.6. The van der Waals surface area contributed by atoms with Gasteiger partial charge in [0.2, 0.25) is 5.95 Å². The van der Waals surface area contributed by atoms with E-state index in [4.69, 9.17) is 5.73 Å². The molecule has 1 aromatic carbocycles. The number of fused-ring (bicyclic) bond motifs is 3. The van der Waals surface area contributed by atoms with Gasteiger partial charge in [0.05, 0.1) is 5.39 Å². The smallest absolute Gasteiger partial charge is 0.262 e. The van der Waals surface area contributed by atoms with E-state index in [0.717, 1.165) is 11.1 Å². The summed E-state index contributed by atoms with van der Waals surface area (Å²) in [7, 11) is 0. The van der Waals surface area contributed by atoms with Crippen LogP contribution < -0.4 is 11.3 Å². The van der Waals surface area contributed by atoms with Crippen molar-refractivity contribution >= 4 is 22.8 Å². The van der Waals surface area contributed by atoms with Gasteiger partial charge in [0.25, 0.3) is 5.56 Å². The van der Waals surface area contributed by atoms with Crippen LogP contribution >= 0.6 is 0 Å². The summed E-state index contributed by atoms with van der Waals surface area (Å²) in [4.78, 5) is 35.6. The Labute approximate surface area is 137 Å². The van der Waals surface area contributed by atoms with Gasteiger partial charge >= 0.3 is 0 Å². The van der Waals surface area contributed by atoms with Crippen LogP contribution in [-0.2, 0) is 6.42 Å². The molecular formula is C18H16N4O2. The standard InChI is InChI=1S/C18H16N4O2/c1-9-2-4-10(5-3-9)11-6-12-13(14(23)7-11)8-20-16-15(12)17(24)22-18(19)21-16/h2-5,8,11H,6-7H2,1H3,(H3,19,20,21,22,24)/t11-/m0/s1. The minimum atomic E-state index is -0.348. The van der Waals surface area contributed by atoms with Crippen LogP contribution in [0.25, 0.3) is 11.0 Å². The van der Waals surface area contributed by atoms with Gasteiger partial charge in [0, 0.05) is 18.2 Å². The maximum atomic E-state index is 12.6. The Kier molecular flexibility index (Phi) is 3.19. The van der Waals surface area contributed by atoms with Gasteiger partial charge in [-0.1, -0.05) is 29.8 Å². The molecule has 1 aliphatic rings. The largest absolute Gasteiger partial charge is 0.369 e. The van der Waals surface area contributed by atoms with Crippen LogP contribution in [0.2, 0.25) is 0 Å². The third-order valence-corrected chi connectivity index (χ3v) is 4.59. The van der Waals surface area contributed by atoms with Crippen molar-refractivity contribution in [3.8, 4) is 0 Å². The summed E-state index contributed by atoms with van der Waals surface area (Å²) >= 11 is 0. The predicted octanol–water partition coefficient (Wildman–Crippen LogP) is 2.12. The van der Waals surface area contributed by atoms with Crippen molar-refractivity contribution in [2.45, 2.75) is 25.7 Å². The van der Waals surface area contributed by atoms with E-state index in [9.17, 15) is 9.59 Å². The molecule has 2 heterocycles. The van der Waals surface area contributed by atoms with Crippen LogP contribution in [0.4, 0.5) is 5.95 Å². The lowest BCUT2D eigenvalue weighted by atomic mass is 9.79. The Bertz CT molecular complexity index is 1020. The Morgan fingerprint density at radius 3 is 2.67 bits per heavy atom. The van der Waals surface area contributed by atoms with Gasteiger partial charge in [-0.05, 0) is 30.4 Å². The second-order valence-corrected chi connectivity index (χ2v) is 6.24. The van der Waals surface area contributed by atoms with E-state index in [1.165, 1.54) is 11.8 Å². The summed E-state index contributed by atoms with van der Waals surface area (Å²) in [6.45, 7) is 2.03. The topological polar surface area (TPSA) is 102 Å². The molecule has 1 atom stereocenters. The van der Waals surface area contributed by atoms with Crippen molar-refractivity contribution in [2.75, 3.05) is 5.73 Å².